The van der Waals surface area contributed by atoms with Gasteiger partial charge in [-0.15, -0.1) is 0 Å². The number of rotatable bonds is 5. The minimum absolute atomic E-state index is 0.478. The lowest BCUT2D eigenvalue weighted by Crippen LogP contribution is -2.18. The predicted molar refractivity (Wildman–Crippen MR) is 73.0 cm³/mol. The van der Waals surface area contributed by atoms with Crippen LogP contribution in [0.1, 0.15) is 37.4 Å². The van der Waals surface area contributed by atoms with Gasteiger partial charge in [-0.2, -0.15) is 0 Å². The van der Waals surface area contributed by atoms with Crippen LogP contribution in [0.15, 0.2) is 24.9 Å². The molecule has 2 rings (SSSR count). The number of alkyl halides is 1. The molecule has 2 heterocycles. The third kappa shape index (κ3) is 3.09. The summed E-state index contributed by atoms with van der Waals surface area (Å²) >= 11 is 0. The minimum Gasteiger partial charge on any atom is -0.369 e. The van der Waals surface area contributed by atoms with Gasteiger partial charge in [-0.1, -0.05) is 19.9 Å². The Labute approximate surface area is 109 Å². The van der Waals surface area contributed by atoms with E-state index in [1.54, 1.807) is 0 Å². The maximum atomic E-state index is 13.2. The van der Waals surface area contributed by atoms with Gasteiger partial charge in [0, 0.05) is 36.2 Å². The summed E-state index contributed by atoms with van der Waals surface area (Å²) in [5.74, 6) is 0. The molecular weight excluding hydrogens is 227 g/mol. The third-order valence-electron chi connectivity index (χ3n) is 3.45. The maximum absolute atomic E-state index is 13.2. The van der Waals surface area contributed by atoms with Crippen molar-refractivity contribution in [2.75, 3.05) is 13.1 Å². The van der Waals surface area contributed by atoms with E-state index in [4.69, 9.17) is 0 Å². The average Bonchev–Trinajstić information content (AvgIpc) is 2.82. The van der Waals surface area contributed by atoms with Crippen LogP contribution in [-0.4, -0.2) is 29.1 Å². The molecular formula is C15H21FN2. The first-order valence-corrected chi connectivity index (χ1v) is 6.74. The van der Waals surface area contributed by atoms with Crippen molar-refractivity contribution in [1.29, 1.82) is 0 Å². The second-order valence-corrected chi connectivity index (χ2v) is 4.92. The average molecular weight is 248 g/mol. The second kappa shape index (κ2) is 5.98. The summed E-state index contributed by atoms with van der Waals surface area (Å²) < 4.78 is 13.2. The molecule has 1 aromatic heterocycles. The van der Waals surface area contributed by atoms with E-state index in [0.29, 0.717) is 13.0 Å². The fourth-order valence-electron chi connectivity index (χ4n) is 2.30. The number of hydrogen-bond acceptors (Lipinski definition) is 2. The Morgan fingerprint density at radius 2 is 2.44 bits per heavy atom. The second-order valence-electron chi connectivity index (χ2n) is 4.92. The normalized spacial score (nSPS) is 19.2. The molecule has 1 unspecified atom stereocenters. The topological polar surface area (TPSA) is 16.1 Å². The lowest BCUT2D eigenvalue weighted by molar-refractivity contribution is 0.338. The van der Waals surface area contributed by atoms with E-state index in [2.05, 4.69) is 24.6 Å². The van der Waals surface area contributed by atoms with Crippen molar-refractivity contribution in [3.63, 3.8) is 0 Å². The molecule has 1 aliphatic rings. The Balaban J connectivity index is 2.05. The Morgan fingerprint density at radius 1 is 1.61 bits per heavy atom. The Kier molecular flexibility index (Phi) is 4.34. The molecule has 0 amide bonds. The molecule has 0 bridgehead atoms. The molecule has 0 aliphatic carbocycles. The van der Waals surface area contributed by atoms with Gasteiger partial charge in [0.25, 0.3) is 0 Å². The van der Waals surface area contributed by atoms with Gasteiger partial charge in [-0.3, -0.25) is 4.98 Å². The highest BCUT2D eigenvalue weighted by Gasteiger charge is 2.23. The number of pyridine rings is 1. The number of nitrogens with zero attached hydrogens (tertiary/aromatic N) is 2. The Bertz CT molecular complexity index is 417. The van der Waals surface area contributed by atoms with Crippen LogP contribution in [0.4, 0.5) is 4.39 Å². The van der Waals surface area contributed by atoms with Gasteiger partial charge in [-0.05, 0) is 31.4 Å². The summed E-state index contributed by atoms with van der Waals surface area (Å²) in [5.41, 5.74) is 3.10. The number of halogens is 1. The van der Waals surface area contributed by atoms with Crippen LogP contribution < -0.4 is 0 Å². The Morgan fingerprint density at radius 3 is 3.11 bits per heavy atom. The van der Waals surface area contributed by atoms with Crippen molar-refractivity contribution in [2.45, 2.75) is 38.8 Å². The highest BCUT2D eigenvalue weighted by atomic mass is 19.1. The monoisotopic (exact) mass is 248 g/mol. The van der Waals surface area contributed by atoms with Crippen molar-refractivity contribution in [2.24, 2.45) is 0 Å². The van der Waals surface area contributed by atoms with E-state index in [-0.39, 0.29) is 0 Å². The van der Waals surface area contributed by atoms with Crippen molar-refractivity contribution in [3.8, 4) is 0 Å². The van der Waals surface area contributed by atoms with Crippen molar-refractivity contribution in [3.05, 3.63) is 36.2 Å². The number of aryl methyl sites for hydroxylation is 1. The molecule has 1 saturated heterocycles. The highest BCUT2D eigenvalue weighted by Crippen LogP contribution is 2.24. The standard InChI is InChI=1S/C15H21FN2/c1-3-4-5-15-10-13(6-8-17-15)12(2)18-9-7-14(16)11-18/h6,8,10,14H,2-5,7,9,11H2,1H3. The highest BCUT2D eigenvalue weighted by molar-refractivity contribution is 5.62. The lowest BCUT2D eigenvalue weighted by atomic mass is 10.1. The molecule has 18 heavy (non-hydrogen) atoms. The molecule has 1 aliphatic heterocycles. The SMILES string of the molecule is C=C(c1ccnc(CCCC)c1)N1CCC(F)C1. The molecule has 0 radical (unpaired) electrons. The fourth-order valence-corrected chi connectivity index (χ4v) is 2.30. The zero-order chi connectivity index (χ0) is 13.0. The first kappa shape index (κ1) is 13.1. The predicted octanol–water partition coefficient (Wildman–Crippen LogP) is 3.44. The van der Waals surface area contributed by atoms with E-state index in [9.17, 15) is 4.39 Å². The van der Waals surface area contributed by atoms with E-state index < -0.39 is 6.17 Å². The largest absolute Gasteiger partial charge is 0.369 e. The summed E-state index contributed by atoms with van der Waals surface area (Å²) in [6.07, 6.45) is 5.06. The molecule has 2 nitrogen and oxygen atoms in total. The van der Waals surface area contributed by atoms with E-state index in [0.717, 1.165) is 36.3 Å². The number of aromatic nitrogens is 1. The maximum Gasteiger partial charge on any atom is 0.119 e. The number of hydrogen-bond donors (Lipinski definition) is 0. The van der Waals surface area contributed by atoms with E-state index >= 15 is 0 Å². The zero-order valence-corrected chi connectivity index (χ0v) is 11.0. The van der Waals surface area contributed by atoms with Crippen LogP contribution in [0.2, 0.25) is 0 Å². The number of unbranched alkanes of at least 4 members (excludes halogenated alkanes) is 1. The molecule has 0 saturated carbocycles. The molecule has 1 aromatic rings. The summed E-state index contributed by atoms with van der Waals surface area (Å²) in [7, 11) is 0. The van der Waals surface area contributed by atoms with Gasteiger partial charge in [0.05, 0.1) is 0 Å². The first-order valence-electron chi connectivity index (χ1n) is 6.74. The van der Waals surface area contributed by atoms with Crippen LogP contribution in [0, 0.1) is 0 Å². The molecule has 98 valence electrons. The minimum atomic E-state index is -0.705. The Hall–Kier alpha value is -1.38. The van der Waals surface area contributed by atoms with Gasteiger partial charge in [0.1, 0.15) is 6.17 Å². The molecule has 3 heteroatoms. The fraction of sp³-hybridized carbons (Fsp3) is 0.533. The molecule has 1 fully saturated rings. The van der Waals surface area contributed by atoms with Crippen LogP contribution in [0.25, 0.3) is 5.70 Å². The van der Waals surface area contributed by atoms with Crippen molar-refractivity contribution >= 4 is 5.70 Å². The molecule has 1 atom stereocenters. The summed E-state index contributed by atoms with van der Waals surface area (Å²) in [4.78, 5) is 6.40. The summed E-state index contributed by atoms with van der Waals surface area (Å²) in [5, 5.41) is 0. The van der Waals surface area contributed by atoms with Gasteiger partial charge >= 0.3 is 0 Å². The van der Waals surface area contributed by atoms with Gasteiger partial charge in [-0.25, -0.2) is 4.39 Å². The summed E-state index contributed by atoms with van der Waals surface area (Å²) in [6, 6.07) is 4.05. The van der Waals surface area contributed by atoms with Crippen LogP contribution in [-0.2, 0) is 6.42 Å². The molecule has 0 aromatic carbocycles. The van der Waals surface area contributed by atoms with Gasteiger partial charge in [0.15, 0.2) is 0 Å². The summed E-state index contributed by atoms with van der Waals surface area (Å²) in [6.45, 7) is 7.52. The van der Waals surface area contributed by atoms with Gasteiger partial charge < -0.3 is 4.90 Å². The zero-order valence-electron chi connectivity index (χ0n) is 11.0. The van der Waals surface area contributed by atoms with Crippen LogP contribution in [0.3, 0.4) is 0 Å². The number of likely N-dealkylation sites (tertiary alicyclic amines) is 1. The van der Waals surface area contributed by atoms with Crippen LogP contribution >= 0.6 is 0 Å². The van der Waals surface area contributed by atoms with Crippen LogP contribution in [0.5, 0.6) is 0 Å². The lowest BCUT2D eigenvalue weighted by Gasteiger charge is -2.20. The van der Waals surface area contributed by atoms with E-state index in [1.807, 2.05) is 17.2 Å². The first-order chi connectivity index (χ1) is 8.70. The molecule has 0 spiro atoms. The van der Waals surface area contributed by atoms with E-state index in [1.165, 1.54) is 6.42 Å². The quantitative estimate of drug-likeness (QED) is 0.793. The van der Waals surface area contributed by atoms with Crippen molar-refractivity contribution < 1.29 is 4.39 Å². The van der Waals surface area contributed by atoms with Crippen molar-refractivity contribution in [1.82, 2.24) is 9.88 Å². The van der Waals surface area contributed by atoms with Gasteiger partial charge in [0.2, 0.25) is 0 Å². The smallest absolute Gasteiger partial charge is 0.119 e. The third-order valence-corrected chi connectivity index (χ3v) is 3.45. The molecule has 0 N–H and O–H groups in total.